The molecule has 72 valence electrons. The van der Waals surface area contributed by atoms with Gasteiger partial charge in [0.15, 0.2) is 0 Å². The van der Waals surface area contributed by atoms with Gasteiger partial charge in [-0.3, -0.25) is 0 Å². The van der Waals surface area contributed by atoms with E-state index in [0.29, 0.717) is 6.54 Å². The second-order valence-corrected chi connectivity index (χ2v) is 4.08. The van der Waals surface area contributed by atoms with Gasteiger partial charge in [0, 0.05) is 10.1 Å². The Morgan fingerprint density at radius 2 is 2.29 bits per heavy atom. The molecule has 5 heteroatoms. The van der Waals surface area contributed by atoms with E-state index in [1.807, 2.05) is 30.5 Å². The second kappa shape index (κ2) is 4.05. The van der Waals surface area contributed by atoms with Crippen molar-refractivity contribution in [2.75, 3.05) is 0 Å². The zero-order valence-electron chi connectivity index (χ0n) is 7.39. The van der Waals surface area contributed by atoms with Crippen molar-refractivity contribution in [2.45, 2.75) is 6.54 Å². The number of halogens is 1. The molecule has 0 atom stereocenters. The molecule has 0 aliphatic rings. The molecule has 0 unspecified atom stereocenters. The predicted octanol–water partition coefficient (Wildman–Crippen LogP) is 1.33. The van der Waals surface area contributed by atoms with Gasteiger partial charge in [-0.1, -0.05) is 11.3 Å². The van der Waals surface area contributed by atoms with Gasteiger partial charge in [0.1, 0.15) is 0 Å². The standard InChI is InChI=1S/C9H9IN4/c10-7-2-1-3-9(4-7)14-6-8(5-11)12-13-14/h1-4,6H,5,11H2. The largest absolute Gasteiger partial charge is 0.325 e. The number of nitrogens with zero attached hydrogens (tertiary/aromatic N) is 3. The van der Waals surface area contributed by atoms with Crippen molar-refractivity contribution < 1.29 is 0 Å². The number of hydrogen-bond acceptors (Lipinski definition) is 3. The summed E-state index contributed by atoms with van der Waals surface area (Å²) >= 11 is 2.26. The van der Waals surface area contributed by atoms with Crippen molar-refractivity contribution in [1.82, 2.24) is 15.0 Å². The molecule has 0 amide bonds. The number of nitrogens with two attached hydrogens (primary N) is 1. The molecule has 0 aliphatic heterocycles. The third kappa shape index (κ3) is 1.93. The van der Waals surface area contributed by atoms with Crippen LogP contribution in [0.3, 0.4) is 0 Å². The first-order chi connectivity index (χ1) is 6.79. The van der Waals surface area contributed by atoms with E-state index in [4.69, 9.17) is 5.73 Å². The van der Waals surface area contributed by atoms with Crippen LogP contribution in [0.5, 0.6) is 0 Å². The third-order valence-corrected chi connectivity index (χ3v) is 2.49. The first-order valence-corrected chi connectivity index (χ1v) is 5.24. The quantitative estimate of drug-likeness (QED) is 0.851. The highest BCUT2D eigenvalue weighted by Gasteiger charge is 2.00. The van der Waals surface area contributed by atoms with Gasteiger partial charge in [0.25, 0.3) is 0 Å². The zero-order chi connectivity index (χ0) is 9.97. The van der Waals surface area contributed by atoms with Crippen LogP contribution in [0.15, 0.2) is 30.5 Å². The minimum atomic E-state index is 0.421. The van der Waals surface area contributed by atoms with E-state index < -0.39 is 0 Å². The minimum absolute atomic E-state index is 0.421. The van der Waals surface area contributed by atoms with Crippen LogP contribution in [0.1, 0.15) is 5.69 Å². The maximum Gasteiger partial charge on any atom is 0.0967 e. The highest BCUT2D eigenvalue weighted by molar-refractivity contribution is 14.1. The monoisotopic (exact) mass is 300 g/mol. The summed E-state index contributed by atoms with van der Waals surface area (Å²) in [6, 6.07) is 8.04. The molecule has 2 N–H and O–H groups in total. The normalized spacial score (nSPS) is 10.4. The van der Waals surface area contributed by atoms with Gasteiger partial charge in [-0.15, -0.1) is 5.10 Å². The van der Waals surface area contributed by atoms with Gasteiger partial charge in [-0.25, -0.2) is 4.68 Å². The van der Waals surface area contributed by atoms with Crippen LogP contribution < -0.4 is 5.73 Å². The summed E-state index contributed by atoms with van der Waals surface area (Å²) in [5, 5.41) is 7.91. The predicted molar refractivity (Wildman–Crippen MR) is 62.0 cm³/mol. The minimum Gasteiger partial charge on any atom is -0.325 e. The van der Waals surface area contributed by atoms with Gasteiger partial charge >= 0.3 is 0 Å². The topological polar surface area (TPSA) is 56.7 Å². The molecule has 14 heavy (non-hydrogen) atoms. The smallest absolute Gasteiger partial charge is 0.0967 e. The molecule has 0 radical (unpaired) electrons. The summed E-state index contributed by atoms with van der Waals surface area (Å²) in [4.78, 5) is 0. The van der Waals surface area contributed by atoms with Gasteiger partial charge in [0.05, 0.1) is 17.6 Å². The van der Waals surface area contributed by atoms with E-state index >= 15 is 0 Å². The summed E-state index contributed by atoms with van der Waals surface area (Å²) in [7, 11) is 0. The molecule has 1 aromatic carbocycles. The van der Waals surface area contributed by atoms with Gasteiger partial charge in [-0.2, -0.15) is 0 Å². The first kappa shape index (κ1) is 9.60. The second-order valence-electron chi connectivity index (χ2n) is 2.84. The summed E-state index contributed by atoms with van der Waals surface area (Å²) in [5.41, 5.74) is 7.25. The van der Waals surface area contributed by atoms with Crippen molar-refractivity contribution in [3.63, 3.8) is 0 Å². The van der Waals surface area contributed by atoms with Crippen LogP contribution in [0.2, 0.25) is 0 Å². The number of rotatable bonds is 2. The number of hydrogen-bond donors (Lipinski definition) is 1. The van der Waals surface area contributed by atoms with Gasteiger partial charge < -0.3 is 5.73 Å². The average Bonchev–Trinajstić information content (AvgIpc) is 2.66. The highest BCUT2D eigenvalue weighted by Crippen LogP contribution is 2.11. The Morgan fingerprint density at radius 3 is 2.93 bits per heavy atom. The Balaban J connectivity index is 2.39. The molecule has 2 aromatic rings. The van der Waals surface area contributed by atoms with E-state index in [1.165, 1.54) is 3.57 Å². The lowest BCUT2D eigenvalue weighted by Crippen LogP contribution is -1.96. The van der Waals surface area contributed by atoms with Crippen molar-refractivity contribution in [2.24, 2.45) is 5.73 Å². The maximum atomic E-state index is 5.45. The summed E-state index contributed by atoms with van der Waals surface area (Å²) < 4.78 is 2.90. The fourth-order valence-corrected chi connectivity index (χ4v) is 1.66. The lowest BCUT2D eigenvalue weighted by atomic mass is 10.3. The average molecular weight is 300 g/mol. The van der Waals surface area contributed by atoms with Gasteiger partial charge in [0.2, 0.25) is 0 Å². The Morgan fingerprint density at radius 1 is 1.43 bits per heavy atom. The molecule has 0 saturated heterocycles. The van der Waals surface area contributed by atoms with E-state index in [9.17, 15) is 0 Å². The molecule has 0 saturated carbocycles. The van der Waals surface area contributed by atoms with Crippen molar-refractivity contribution in [3.8, 4) is 5.69 Å². The molecule has 0 aliphatic carbocycles. The Kier molecular flexibility index (Phi) is 2.78. The molecular weight excluding hydrogens is 291 g/mol. The first-order valence-electron chi connectivity index (χ1n) is 4.17. The molecule has 4 nitrogen and oxygen atoms in total. The zero-order valence-corrected chi connectivity index (χ0v) is 9.55. The van der Waals surface area contributed by atoms with E-state index in [2.05, 4.69) is 32.9 Å². The highest BCUT2D eigenvalue weighted by atomic mass is 127. The van der Waals surface area contributed by atoms with Crippen LogP contribution >= 0.6 is 22.6 Å². The fourth-order valence-electron chi connectivity index (χ4n) is 1.14. The van der Waals surface area contributed by atoms with E-state index in [-0.39, 0.29) is 0 Å². The molecule has 0 bridgehead atoms. The summed E-state index contributed by atoms with van der Waals surface area (Å²) in [6.07, 6.45) is 1.84. The van der Waals surface area contributed by atoms with E-state index in [0.717, 1.165) is 11.4 Å². The van der Waals surface area contributed by atoms with E-state index in [1.54, 1.807) is 4.68 Å². The Bertz CT molecular complexity index is 438. The van der Waals surface area contributed by atoms with Crippen molar-refractivity contribution in [1.29, 1.82) is 0 Å². The Labute approximate surface area is 95.3 Å². The molecule has 0 fully saturated rings. The Hall–Kier alpha value is -0.950. The SMILES string of the molecule is NCc1cn(-c2cccc(I)c2)nn1. The molecule has 2 rings (SSSR count). The van der Waals surface area contributed by atoms with Crippen LogP contribution in [0.25, 0.3) is 5.69 Å². The fraction of sp³-hybridized carbons (Fsp3) is 0.111. The molecule has 1 heterocycles. The van der Waals surface area contributed by atoms with Crippen molar-refractivity contribution in [3.05, 3.63) is 39.7 Å². The summed E-state index contributed by atoms with van der Waals surface area (Å²) in [6.45, 7) is 0.421. The number of aromatic nitrogens is 3. The molecular formula is C9H9IN4. The number of benzene rings is 1. The summed E-state index contributed by atoms with van der Waals surface area (Å²) in [5.74, 6) is 0. The molecule has 0 spiro atoms. The van der Waals surface area contributed by atoms with Crippen LogP contribution in [-0.2, 0) is 6.54 Å². The molecule has 1 aromatic heterocycles. The lowest BCUT2D eigenvalue weighted by molar-refractivity contribution is 0.796. The van der Waals surface area contributed by atoms with Crippen LogP contribution in [-0.4, -0.2) is 15.0 Å². The third-order valence-electron chi connectivity index (χ3n) is 1.82. The van der Waals surface area contributed by atoms with Crippen LogP contribution in [0, 0.1) is 3.57 Å². The van der Waals surface area contributed by atoms with Crippen LogP contribution in [0.4, 0.5) is 0 Å². The van der Waals surface area contributed by atoms with Crippen molar-refractivity contribution >= 4 is 22.6 Å². The lowest BCUT2D eigenvalue weighted by Gasteiger charge is -1.99. The van der Waals surface area contributed by atoms with Gasteiger partial charge in [-0.05, 0) is 40.8 Å². The maximum absolute atomic E-state index is 5.45.